The molecule has 0 aromatic carbocycles. The summed E-state index contributed by atoms with van der Waals surface area (Å²) in [5, 5.41) is 8.65. The zero-order valence-corrected chi connectivity index (χ0v) is 12.1. The van der Waals surface area contributed by atoms with Crippen molar-refractivity contribution in [1.29, 1.82) is 0 Å². The highest BCUT2D eigenvalue weighted by Gasteiger charge is 1.99. The third-order valence-electron chi connectivity index (χ3n) is 3.35. The maximum Gasteiger partial charge on any atom is 0.0631 e. The van der Waals surface area contributed by atoms with Gasteiger partial charge in [-0.05, 0) is 37.8 Å². The highest BCUT2D eigenvalue weighted by Crippen LogP contribution is 2.08. The van der Waals surface area contributed by atoms with Crippen molar-refractivity contribution in [2.45, 2.75) is 78.1 Å². The lowest BCUT2D eigenvalue weighted by molar-refractivity contribution is 0.643. The number of nitrogens with zero attached hydrogens (tertiary/aromatic N) is 2. The monoisotopic (exact) mass is 248 g/mol. The molecule has 0 spiro atoms. The van der Waals surface area contributed by atoms with Gasteiger partial charge in [-0.2, -0.15) is 10.2 Å². The summed E-state index contributed by atoms with van der Waals surface area (Å²) in [4.78, 5) is 0. The SMILES string of the molecule is CCCCCCc1ccc(CCCCCC)nn1. The van der Waals surface area contributed by atoms with Crippen molar-refractivity contribution in [3.8, 4) is 0 Å². The molecule has 1 rings (SSSR count). The van der Waals surface area contributed by atoms with E-state index in [1.807, 2.05) is 0 Å². The Morgan fingerprint density at radius 2 is 1.11 bits per heavy atom. The molecule has 0 N–H and O–H groups in total. The molecular weight excluding hydrogens is 220 g/mol. The van der Waals surface area contributed by atoms with Crippen LogP contribution in [0.5, 0.6) is 0 Å². The van der Waals surface area contributed by atoms with Gasteiger partial charge in [-0.25, -0.2) is 0 Å². The molecule has 0 bridgehead atoms. The molecule has 0 saturated carbocycles. The number of hydrogen-bond donors (Lipinski definition) is 0. The molecule has 0 saturated heterocycles. The number of unbranched alkanes of at least 4 members (excludes halogenated alkanes) is 6. The second-order valence-corrected chi connectivity index (χ2v) is 5.14. The fraction of sp³-hybridized carbons (Fsp3) is 0.750. The Kier molecular flexibility index (Phi) is 8.45. The average Bonchev–Trinajstić information content (AvgIpc) is 2.41. The summed E-state index contributed by atoms with van der Waals surface area (Å²) in [5.74, 6) is 0. The molecule has 2 nitrogen and oxygen atoms in total. The normalized spacial score (nSPS) is 10.8. The summed E-state index contributed by atoms with van der Waals surface area (Å²) in [7, 11) is 0. The molecule has 18 heavy (non-hydrogen) atoms. The van der Waals surface area contributed by atoms with Crippen LogP contribution in [0.3, 0.4) is 0 Å². The summed E-state index contributed by atoms with van der Waals surface area (Å²) >= 11 is 0. The topological polar surface area (TPSA) is 25.8 Å². The molecule has 0 aliphatic heterocycles. The predicted molar refractivity (Wildman–Crippen MR) is 77.7 cm³/mol. The molecular formula is C16H28N2. The fourth-order valence-corrected chi connectivity index (χ4v) is 2.12. The van der Waals surface area contributed by atoms with E-state index in [1.165, 1.54) is 51.4 Å². The van der Waals surface area contributed by atoms with Gasteiger partial charge in [0.15, 0.2) is 0 Å². The van der Waals surface area contributed by atoms with E-state index in [9.17, 15) is 0 Å². The highest BCUT2D eigenvalue weighted by molar-refractivity contribution is 5.07. The van der Waals surface area contributed by atoms with Crippen molar-refractivity contribution >= 4 is 0 Å². The predicted octanol–water partition coefficient (Wildman–Crippen LogP) is 4.72. The zero-order chi connectivity index (χ0) is 13.1. The number of hydrogen-bond acceptors (Lipinski definition) is 2. The van der Waals surface area contributed by atoms with E-state index in [1.54, 1.807) is 0 Å². The minimum Gasteiger partial charge on any atom is -0.155 e. The number of rotatable bonds is 10. The van der Waals surface area contributed by atoms with Gasteiger partial charge < -0.3 is 0 Å². The number of aryl methyl sites for hydroxylation is 2. The maximum atomic E-state index is 4.33. The summed E-state index contributed by atoms with van der Waals surface area (Å²) in [6, 6.07) is 4.32. The van der Waals surface area contributed by atoms with Gasteiger partial charge in [-0.3, -0.25) is 0 Å². The Balaban J connectivity index is 2.20. The fourth-order valence-electron chi connectivity index (χ4n) is 2.12. The third-order valence-corrected chi connectivity index (χ3v) is 3.35. The van der Waals surface area contributed by atoms with Crippen LogP contribution in [0.2, 0.25) is 0 Å². The molecule has 0 amide bonds. The first kappa shape index (κ1) is 15.1. The van der Waals surface area contributed by atoms with E-state index in [0.717, 1.165) is 24.2 Å². The van der Waals surface area contributed by atoms with Crippen LogP contribution in [0.15, 0.2) is 12.1 Å². The van der Waals surface area contributed by atoms with Crippen LogP contribution in [0.4, 0.5) is 0 Å². The van der Waals surface area contributed by atoms with Crippen LogP contribution in [-0.4, -0.2) is 10.2 Å². The molecule has 0 fully saturated rings. The van der Waals surface area contributed by atoms with Crippen molar-refractivity contribution in [3.63, 3.8) is 0 Å². The Hall–Kier alpha value is -0.920. The Labute approximate surface area is 112 Å². The second-order valence-electron chi connectivity index (χ2n) is 5.14. The zero-order valence-electron chi connectivity index (χ0n) is 12.1. The smallest absolute Gasteiger partial charge is 0.0631 e. The van der Waals surface area contributed by atoms with E-state index >= 15 is 0 Å². The van der Waals surface area contributed by atoms with Crippen molar-refractivity contribution in [3.05, 3.63) is 23.5 Å². The van der Waals surface area contributed by atoms with Gasteiger partial charge in [-0.1, -0.05) is 52.4 Å². The van der Waals surface area contributed by atoms with Crippen molar-refractivity contribution in [2.75, 3.05) is 0 Å². The Morgan fingerprint density at radius 3 is 1.44 bits per heavy atom. The van der Waals surface area contributed by atoms with Crippen molar-refractivity contribution in [1.82, 2.24) is 10.2 Å². The summed E-state index contributed by atoms with van der Waals surface area (Å²) in [5.41, 5.74) is 2.31. The summed E-state index contributed by atoms with van der Waals surface area (Å²) < 4.78 is 0. The van der Waals surface area contributed by atoms with E-state index < -0.39 is 0 Å². The Morgan fingerprint density at radius 1 is 0.667 bits per heavy atom. The van der Waals surface area contributed by atoms with Gasteiger partial charge in [-0.15, -0.1) is 0 Å². The molecule has 0 aliphatic rings. The molecule has 0 radical (unpaired) electrons. The average molecular weight is 248 g/mol. The second kappa shape index (κ2) is 10.0. The van der Waals surface area contributed by atoms with Gasteiger partial charge >= 0.3 is 0 Å². The quantitative estimate of drug-likeness (QED) is 0.560. The molecule has 1 aromatic heterocycles. The van der Waals surface area contributed by atoms with E-state index in [2.05, 4.69) is 36.2 Å². The van der Waals surface area contributed by atoms with Crippen LogP contribution in [0, 0.1) is 0 Å². The van der Waals surface area contributed by atoms with E-state index in [4.69, 9.17) is 0 Å². The van der Waals surface area contributed by atoms with Gasteiger partial charge in [0.1, 0.15) is 0 Å². The van der Waals surface area contributed by atoms with Crippen LogP contribution >= 0.6 is 0 Å². The number of aromatic nitrogens is 2. The minimum absolute atomic E-state index is 1.09. The first-order chi connectivity index (χ1) is 8.86. The maximum absolute atomic E-state index is 4.33. The molecule has 102 valence electrons. The van der Waals surface area contributed by atoms with Gasteiger partial charge in [0.2, 0.25) is 0 Å². The summed E-state index contributed by atoms with van der Waals surface area (Å²) in [6.07, 6.45) is 12.6. The Bertz CT molecular complexity index is 261. The van der Waals surface area contributed by atoms with E-state index in [0.29, 0.717) is 0 Å². The largest absolute Gasteiger partial charge is 0.155 e. The molecule has 1 aromatic rings. The van der Waals surface area contributed by atoms with Crippen LogP contribution in [0.25, 0.3) is 0 Å². The molecule has 0 aliphatic carbocycles. The lowest BCUT2D eigenvalue weighted by Gasteiger charge is -2.02. The first-order valence-electron chi connectivity index (χ1n) is 7.68. The van der Waals surface area contributed by atoms with Crippen molar-refractivity contribution in [2.24, 2.45) is 0 Å². The van der Waals surface area contributed by atoms with Gasteiger partial charge in [0.05, 0.1) is 11.4 Å². The van der Waals surface area contributed by atoms with Crippen LogP contribution < -0.4 is 0 Å². The third kappa shape index (κ3) is 6.73. The molecule has 0 atom stereocenters. The molecule has 2 heteroatoms. The molecule has 1 heterocycles. The molecule has 0 unspecified atom stereocenters. The van der Waals surface area contributed by atoms with Crippen molar-refractivity contribution < 1.29 is 0 Å². The van der Waals surface area contributed by atoms with Crippen LogP contribution in [-0.2, 0) is 12.8 Å². The lowest BCUT2D eigenvalue weighted by atomic mass is 10.1. The first-order valence-corrected chi connectivity index (χ1v) is 7.68. The highest BCUT2D eigenvalue weighted by atomic mass is 15.1. The van der Waals surface area contributed by atoms with E-state index in [-0.39, 0.29) is 0 Å². The van der Waals surface area contributed by atoms with Gasteiger partial charge in [0, 0.05) is 0 Å². The van der Waals surface area contributed by atoms with Crippen LogP contribution in [0.1, 0.15) is 76.6 Å². The summed E-state index contributed by atoms with van der Waals surface area (Å²) in [6.45, 7) is 4.49. The van der Waals surface area contributed by atoms with Gasteiger partial charge in [0.25, 0.3) is 0 Å². The minimum atomic E-state index is 1.09. The standard InChI is InChI=1S/C16H28N2/c1-3-5-7-9-11-15-13-14-16(18-17-15)12-10-8-6-4-2/h13-14H,3-12H2,1-2H3. The lowest BCUT2D eigenvalue weighted by Crippen LogP contribution is -1.98.